The van der Waals surface area contributed by atoms with Gasteiger partial charge in [-0.1, -0.05) is 0 Å². The lowest BCUT2D eigenvalue weighted by Crippen LogP contribution is -2.60. The van der Waals surface area contributed by atoms with Crippen molar-refractivity contribution in [3.8, 4) is 11.6 Å². The van der Waals surface area contributed by atoms with Crippen LogP contribution in [0.1, 0.15) is 36.7 Å². The second-order valence-electron chi connectivity index (χ2n) is 7.97. The Morgan fingerprint density at radius 2 is 1.72 bits per heavy atom. The predicted octanol–water partition coefficient (Wildman–Crippen LogP) is 0.829. The molecule has 5 atom stereocenters. The predicted molar refractivity (Wildman–Crippen MR) is 107 cm³/mol. The first-order valence-corrected chi connectivity index (χ1v) is 10.2. The van der Waals surface area contributed by atoms with E-state index in [0.717, 1.165) is 12.1 Å². The van der Waals surface area contributed by atoms with Crippen molar-refractivity contribution in [3.63, 3.8) is 0 Å². The standard InChI is InChI=1S/C21H28F2N2O7/c1-9(2)25-10(3)12(7-13-14(22)5-11(30-4)6-15(13)23)20(24-25)32-21-19(29)18(28)17(27)16(8-26)31-21/h5-6,9,16-19,21,26-29H,7-8H2,1-4H3/t16-,17-,18+,19-,21?/m1/s1. The van der Waals surface area contributed by atoms with Crippen molar-refractivity contribution in [2.45, 2.75) is 63.9 Å². The maximum absolute atomic E-state index is 14.6. The van der Waals surface area contributed by atoms with Crippen LogP contribution in [0.4, 0.5) is 8.78 Å². The van der Waals surface area contributed by atoms with Crippen molar-refractivity contribution in [2.24, 2.45) is 0 Å². The van der Waals surface area contributed by atoms with Gasteiger partial charge in [-0.3, -0.25) is 4.68 Å². The molecule has 0 bridgehead atoms. The van der Waals surface area contributed by atoms with Gasteiger partial charge in [0.2, 0.25) is 12.2 Å². The highest BCUT2D eigenvalue weighted by molar-refractivity contribution is 5.39. The smallest absolute Gasteiger partial charge is 0.239 e. The lowest BCUT2D eigenvalue weighted by atomic mass is 9.99. The summed E-state index contributed by atoms with van der Waals surface area (Å²) in [6.07, 6.45) is -7.71. The Labute approximate surface area is 183 Å². The molecule has 1 saturated heterocycles. The number of benzene rings is 1. The van der Waals surface area contributed by atoms with E-state index < -0.39 is 48.9 Å². The molecule has 9 nitrogen and oxygen atoms in total. The normalized spacial score (nSPS) is 25.9. The third-order valence-corrected chi connectivity index (χ3v) is 5.51. The number of ether oxygens (including phenoxy) is 3. The van der Waals surface area contributed by atoms with Gasteiger partial charge in [0.1, 0.15) is 41.8 Å². The Kier molecular flexibility index (Phi) is 7.36. The highest BCUT2D eigenvalue weighted by atomic mass is 19.1. The van der Waals surface area contributed by atoms with Gasteiger partial charge in [-0.05, 0) is 20.8 Å². The molecule has 32 heavy (non-hydrogen) atoms. The quantitative estimate of drug-likeness (QED) is 0.481. The molecule has 1 aliphatic rings. The van der Waals surface area contributed by atoms with Crippen LogP contribution < -0.4 is 9.47 Å². The SMILES string of the molecule is COc1cc(F)c(Cc2c(OC3O[C@H](CO)[C@@H](O)[C@H](O)[C@H]3O)nn(C(C)C)c2C)c(F)c1. The summed E-state index contributed by atoms with van der Waals surface area (Å²) < 4.78 is 46.7. The first-order chi connectivity index (χ1) is 15.1. The Bertz CT molecular complexity index is 927. The number of aliphatic hydroxyl groups is 4. The monoisotopic (exact) mass is 458 g/mol. The molecule has 1 aromatic heterocycles. The summed E-state index contributed by atoms with van der Waals surface area (Å²) in [7, 11) is 1.30. The van der Waals surface area contributed by atoms with Crippen LogP contribution in [-0.2, 0) is 11.2 Å². The molecule has 2 aromatic rings. The van der Waals surface area contributed by atoms with Gasteiger partial charge in [0.15, 0.2) is 0 Å². The number of hydrogen-bond acceptors (Lipinski definition) is 8. The van der Waals surface area contributed by atoms with Crippen LogP contribution in [0.2, 0.25) is 0 Å². The summed E-state index contributed by atoms with van der Waals surface area (Å²) >= 11 is 0. The second-order valence-corrected chi connectivity index (χ2v) is 7.97. The molecule has 178 valence electrons. The molecular formula is C21H28F2N2O7. The largest absolute Gasteiger partial charge is 0.497 e. The van der Waals surface area contributed by atoms with Gasteiger partial charge < -0.3 is 34.6 Å². The van der Waals surface area contributed by atoms with E-state index >= 15 is 0 Å². The minimum absolute atomic E-state index is 0.0381. The maximum Gasteiger partial charge on any atom is 0.239 e. The highest BCUT2D eigenvalue weighted by Gasteiger charge is 2.45. The fourth-order valence-corrected chi connectivity index (χ4v) is 3.65. The molecule has 1 aliphatic heterocycles. The minimum Gasteiger partial charge on any atom is -0.497 e. The molecule has 0 aliphatic carbocycles. The summed E-state index contributed by atoms with van der Waals surface area (Å²) in [6, 6.07) is 2.02. The average Bonchev–Trinajstić information content (AvgIpc) is 3.06. The van der Waals surface area contributed by atoms with Gasteiger partial charge in [0.25, 0.3) is 0 Å². The highest BCUT2D eigenvalue weighted by Crippen LogP contribution is 2.32. The van der Waals surface area contributed by atoms with Crippen molar-refractivity contribution in [1.82, 2.24) is 9.78 Å². The molecule has 0 radical (unpaired) electrons. The van der Waals surface area contributed by atoms with Crippen LogP contribution >= 0.6 is 0 Å². The van der Waals surface area contributed by atoms with Crippen molar-refractivity contribution in [2.75, 3.05) is 13.7 Å². The fraction of sp³-hybridized carbons (Fsp3) is 0.571. The average molecular weight is 458 g/mol. The van der Waals surface area contributed by atoms with Crippen LogP contribution in [0.15, 0.2) is 12.1 Å². The minimum atomic E-state index is -1.65. The lowest BCUT2D eigenvalue weighted by Gasteiger charge is -2.39. The number of aliphatic hydroxyl groups excluding tert-OH is 4. The number of methoxy groups -OCH3 is 1. The number of rotatable bonds is 7. The lowest BCUT2D eigenvalue weighted by molar-refractivity contribution is -0.278. The van der Waals surface area contributed by atoms with Crippen molar-refractivity contribution < 1.29 is 43.4 Å². The van der Waals surface area contributed by atoms with Crippen molar-refractivity contribution in [3.05, 3.63) is 40.6 Å². The summed E-state index contributed by atoms with van der Waals surface area (Å²) in [5.41, 5.74) is 0.698. The molecular weight excluding hydrogens is 430 g/mol. The number of aromatic nitrogens is 2. The molecule has 3 rings (SSSR count). The van der Waals surface area contributed by atoms with Gasteiger partial charge in [-0.2, -0.15) is 0 Å². The molecule has 0 saturated carbocycles. The second kappa shape index (κ2) is 9.67. The molecule has 1 unspecified atom stereocenters. The Balaban J connectivity index is 1.98. The van der Waals surface area contributed by atoms with E-state index in [1.807, 2.05) is 13.8 Å². The van der Waals surface area contributed by atoms with E-state index in [9.17, 15) is 29.2 Å². The van der Waals surface area contributed by atoms with Gasteiger partial charge in [-0.15, -0.1) is 5.10 Å². The van der Waals surface area contributed by atoms with Gasteiger partial charge in [0, 0.05) is 41.4 Å². The Hall–Kier alpha value is -2.31. The van der Waals surface area contributed by atoms with E-state index in [2.05, 4.69) is 5.10 Å². The van der Waals surface area contributed by atoms with E-state index in [4.69, 9.17) is 14.2 Å². The van der Waals surface area contributed by atoms with Crippen LogP contribution in [0.25, 0.3) is 0 Å². The molecule has 0 amide bonds. The van der Waals surface area contributed by atoms with E-state index in [1.165, 1.54) is 7.11 Å². The summed E-state index contributed by atoms with van der Waals surface area (Å²) in [6.45, 7) is 4.80. The Morgan fingerprint density at radius 3 is 2.25 bits per heavy atom. The molecule has 4 N–H and O–H groups in total. The zero-order chi connectivity index (χ0) is 23.7. The first-order valence-electron chi connectivity index (χ1n) is 10.2. The van der Waals surface area contributed by atoms with Crippen LogP contribution in [0.5, 0.6) is 11.6 Å². The number of nitrogens with zero attached hydrogens (tertiary/aromatic N) is 2. The van der Waals surface area contributed by atoms with Gasteiger partial charge >= 0.3 is 0 Å². The zero-order valence-electron chi connectivity index (χ0n) is 18.2. The zero-order valence-corrected chi connectivity index (χ0v) is 18.2. The van der Waals surface area contributed by atoms with Gasteiger partial charge in [0.05, 0.1) is 13.7 Å². The van der Waals surface area contributed by atoms with Crippen LogP contribution in [0, 0.1) is 18.6 Å². The molecule has 2 heterocycles. The summed E-state index contributed by atoms with van der Waals surface area (Å²) in [4.78, 5) is 0. The third-order valence-electron chi connectivity index (χ3n) is 5.51. The van der Waals surface area contributed by atoms with Crippen LogP contribution in [0.3, 0.4) is 0 Å². The fourth-order valence-electron chi connectivity index (χ4n) is 3.65. The molecule has 1 fully saturated rings. The number of hydrogen-bond donors (Lipinski definition) is 4. The van der Waals surface area contributed by atoms with Gasteiger partial charge in [-0.25, -0.2) is 8.78 Å². The summed E-state index contributed by atoms with van der Waals surface area (Å²) in [5, 5.41) is 44.0. The van der Waals surface area contributed by atoms with Crippen molar-refractivity contribution in [1.29, 1.82) is 0 Å². The van der Waals surface area contributed by atoms with E-state index in [1.54, 1.807) is 11.6 Å². The topological polar surface area (TPSA) is 126 Å². The summed E-state index contributed by atoms with van der Waals surface area (Å²) in [5.74, 6) is -1.64. The third kappa shape index (κ3) is 4.57. The molecule has 1 aromatic carbocycles. The molecule has 11 heteroatoms. The Morgan fingerprint density at radius 1 is 1.09 bits per heavy atom. The van der Waals surface area contributed by atoms with E-state index in [0.29, 0.717) is 11.3 Å². The van der Waals surface area contributed by atoms with E-state index in [-0.39, 0.29) is 29.7 Å². The van der Waals surface area contributed by atoms with Crippen LogP contribution in [-0.4, -0.2) is 74.6 Å². The first kappa shape index (κ1) is 24.3. The molecule has 0 spiro atoms. The maximum atomic E-state index is 14.6. The number of halogens is 2. The van der Waals surface area contributed by atoms with Crippen molar-refractivity contribution >= 4 is 0 Å².